The Morgan fingerprint density at radius 1 is 1.35 bits per heavy atom. The average Bonchev–Trinajstić information content (AvgIpc) is 2.89. The zero-order valence-electron chi connectivity index (χ0n) is 9.64. The highest BCUT2D eigenvalue weighted by Crippen LogP contribution is 2.12. The van der Waals surface area contributed by atoms with Gasteiger partial charge in [-0.25, -0.2) is 4.98 Å². The molecule has 0 aliphatic heterocycles. The van der Waals surface area contributed by atoms with E-state index in [-0.39, 0.29) is 0 Å². The smallest absolute Gasteiger partial charge is 0.146 e. The summed E-state index contributed by atoms with van der Waals surface area (Å²) in [5, 5.41) is 2.10. The molecule has 2 rings (SSSR count). The molecule has 2 aromatic heterocycles. The molecule has 0 spiro atoms. The lowest BCUT2D eigenvalue weighted by Crippen LogP contribution is -2.21. The van der Waals surface area contributed by atoms with Crippen LogP contribution in [0.4, 0.5) is 5.82 Å². The van der Waals surface area contributed by atoms with Gasteiger partial charge in [-0.2, -0.15) is 0 Å². The summed E-state index contributed by atoms with van der Waals surface area (Å²) in [7, 11) is 2.03. The van der Waals surface area contributed by atoms with E-state index in [0.717, 1.165) is 24.5 Å². The number of halogens is 1. The lowest BCUT2D eigenvalue weighted by molar-refractivity contribution is 0.860. The predicted molar refractivity (Wildman–Crippen MR) is 72.9 cm³/mol. The summed E-state index contributed by atoms with van der Waals surface area (Å²) >= 11 is 7.46. The van der Waals surface area contributed by atoms with Crippen molar-refractivity contribution in [2.45, 2.75) is 12.3 Å². The largest absolute Gasteiger partial charge is 0.358 e. The van der Waals surface area contributed by atoms with Crippen molar-refractivity contribution in [3.05, 3.63) is 40.5 Å². The summed E-state index contributed by atoms with van der Waals surface area (Å²) in [6.45, 7) is 0.940. The Bertz CT molecular complexity index is 441. The van der Waals surface area contributed by atoms with Crippen molar-refractivity contribution in [2.24, 2.45) is 0 Å². The molecule has 0 amide bonds. The molecule has 90 valence electrons. The second-order valence-electron chi connectivity index (χ2n) is 3.75. The summed E-state index contributed by atoms with van der Waals surface area (Å²) in [4.78, 5) is 12.1. The van der Waals surface area contributed by atoms with Crippen molar-refractivity contribution in [2.75, 3.05) is 18.5 Å². The number of aromatic nitrogens is 2. The zero-order chi connectivity index (χ0) is 12.1. The number of alkyl halides is 1. The van der Waals surface area contributed by atoms with E-state index in [1.165, 1.54) is 4.88 Å². The maximum Gasteiger partial charge on any atom is 0.146 e. The molecule has 0 N–H and O–H groups in total. The van der Waals surface area contributed by atoms with Crippen LogP contribution in [0, 0.1) is 0 Å². The van der Waals surface area contributed by atoms with Gasteiger partial charge in [-0.15, -0.1) is 22.9 Å². The summed E-state index contributed by atoms with van der Waals surface area (Å²) in [6.07, 6.45) is 4.53. The molecular formula is C12H14ClN3S. The second kappa shape index (κ2) is 5.98. The highest BCUT2D eigenvalue weighted by Gasteiger charge is 2.04. The first-order valence-electron chi connectivity index (χ1n) is 5.40. The monoisotopic (exact) mass is 267 g/mol. The maximum absolute atomic E-state index is 5.67. The van der Waals surface area contributed by atoms with E-state index in [1.807, 2.05) is 7.05 Å². The highest BCUT2D eigenvalue weighted by atomic mass is 35.5. The van der Waals surface area contributed by atoms with Gasteiger partial charge in [0.25, 0.3) is 0 Å². The molecule has 0 radical (unpaired) electrons. The third kappa shape index (κ3) is 3.41. The third-order valence-corrected chi connectivity index (χ3v) is 3.70. The summed E-state index contributed by atoms with van der Waals surface area (Å²) in [6, 6.07) is 4.23. The first-order valence-corrected chi connectivity index (χ1v) is 6.81. The summed E-state index contributed by atoms with van der Waals surface area (Å²) < 4.78 is 0. The number of likely N-dealkylation sites (N-methyl/N-ethyl adjacent to an activating group) is 1. The van der Waals surface area contributed by atoms with Gasteiger partial charge in [0.15, 0.2) is 0 Å². The first kappa shape index (κ1) is 12.3. The average molecular weight is 268 g/mol. The quantitative estimate of drug-likeness (QED) is 0.780. The van der Waals surface area contributed by atoms with Gasteiger partial charge >= 0.3 is 0 Å². The Labute approximate surface area is 110 Å². The summed E-state index contributed by atoms with van der Waals surface area (Å²) in [5.74, 6) is 1.29. The number of hydrogen-bond acceptors (Lipinski definition) is 4. The van der Waals surface area contributed by atoms with Crippen LogP contribution in [-0.2, 0) is 12.3 Å². The van der Waals surface area contributed by atoms with Gasteiger partial charge < -0.3 is 4.90 Å². The minimum absolute atomic E-state index is 0.409. The molecule has 2 heterocycles. The number of nitrogens with zero attached hydrogens (tertiary/aromatic N) is 3. The zero-order valence-corrected chi connectivity index (χ0v) is 11.2. The van der Waals surface area contributed by atoms with Crippen molar-refractivity contribution in [1.82, 2.24) is 9.97 Å². The van der Waals surface area contributed by atoms with E-state index in [0.29, 0.717) is 5.88 Å². The predicted octanol–water partition coefficient (Wildman–Crippen LogP) is 2.96. The van der Waals surface area contributed by atoms with Crippen LogP contribution in [0.3, 0.4) is 0 Å². The molecule has 5 heteroatoms. The molecule has 0 aliphatic carbocycles. The standard InChI is InChI=1S/C12H14ClN3S/c1-16(5-4-11-3-2-6-17-11)12-9-14-10(7-13)8-15-12/h2-3,6,8-9H,4-5,7H2,1H3. The highest BCUT2D eigenvalue weighted by molar-refractivity contribution is 7.09. The topological polar surface area (TPSA) is 29.0 Å². The van der Waals surface area contributed by atoms with Gasteiger partial charge in [0, 0.05) is 18.5 Å². The van der Waals surface area contributed by atoms with Gasteiger partial charge in [0.05, 0.1) is 24.0 Å². The van der Waals surface area contributed by atoms with Gasteiger partial charge in [-0.1, -0.05) is 6.07 Å². The van der Waals surface area contributed by atoms with Crippen molar-refractivity contribution >= 4 is 28.8 Å². The van der Waals surface area contributed by atoms with Crippen LogP contribution in [0.5, 0.6) is 0 Å². The fourth-order valence-electron chi connectivity index (χ4n) is 1.46. The Balaban J connectivity index is 1.92. The molecule has 0 atom stereocenters. The Morgan fingerprint density at radius 2 is 2.24 bits per heavy atom. The van der Waals surface area contributed by atoms with Gasteiger partial charge in [0.2, 0.25) is 0 Å². The van der Waals surface area contributed by atoms with Crippen LogP contribution >= 0.6 is 22.9 Å². The number of thiophene rings is 1. The molecule has 0 saturated heterocycles. The fraction of sp³-hybridized carbons (Fsp3) is 0.333. The molecule has 2 aromatic rings. The van der Waals surface area contributed by atoms with Crippen LogP contribution in [0.1, 0.15) is 10.6 Å². The van der Waals surface area contributed by atoms with Crippen molar-refractivity contribution in [3.63, 3.8) is 0 Å². The van der Waals surface area contributed by atoms with E-state index < -0.39 is 0 Å². The van der Waals surface area contributed by atoms with Gasteiger partial charge in [-0.05, 0) is 17.9 Å². The van der Waals surface area contributed by atoms with Crippen molar-refractivity contribution in [1.29, 1.82) is 0 Å². The molecule has 3 nitrogen and oxygen atoms in total. The van der Waals surface area contributed by atoms with Gasteiger partial charge in [0.1, 0.15) is 5.82 Å². The minimum Gasteiger partial charge on any atom is -0.358 e. The SMILES string of the molecule is CN(CCc1cccs1)c1cnc(CCl)cn1. The molecule has 0 unspecified atom stereocenters. The third-order valence-electron chi connectivity index (χ3n) is 2.49. The molecule has 0 bridgehead atoms. The van der Waals surface area contributed by atoms with Crippen molar-refractivity contribution in [3.8, 4) is 0 Å². The van der Waals surface area contributed by atoms with Gasteiger partial charge in [-0.3, -0.25) is 4.98 Å². The Kier molecular flexibility index (Phi) is 4.34. The normalized spacial score (nSPS) is 10.5. The van der Waals surface area contributed by atoms with Crippen LogP contribution in [0.25, 0.3) is 0 Å². The Morgan fingerprint density at radius 3 is 2.82 bits per heavy atom. The van der Waals surface area contributed by atoms with Crippen LogP contribution in [0.2, 0.25) is 0 Å². The lowest BCUT2D eigenvalue weighted by atomic mass is 10.3. The molecule has 0 aromatic carbocycles. The second-order valence-corrected chi connectivity index (χ2v) is 5.05. The van der Waals surface area contributed by atoms with Crippen LogP contribution < -0.4 is 4.90 Å². The van der Waals surface area contributed by atoms with Crippen LogP contribution in [-0.4, -0.2) is 23.6 Å². The molecular weight excluding hydrogens is 254 g/mol. The van der Waals surface area contributed by atoms with E-state index >= 15 is 0 Å². The summed E-state index contributed by atoms with van der Waals surface area (Å²) in [5.41, 5.74) is 0.807. The van der Waals surface area contributed by atoms with E-state index in [4.69, 9.17) is 11.6 Å². The maximum atomic E-state index is 5.67. The Hall–Kier alpha value is -1.13. The van der Waals surface area contributed by atoms with E-state index in [2.05, 4.69) is 32.4 Å². The first-order chi connectivity index (χ1) is 8.29. The van der Waals surface area contributed by atoms with Crippen LogP contribution in [0.15, 0.2) is 29.9 Å². The molecule has 0 saturated carbocycles. The number of rotatable bonds is 5. The molecule has 0 fully saturated rings. The van der Waals surface area contributed by atoms with E-state index in [9.17, 15) is 0 Å². The fourth-order valence-corrected chi connectivity index (χ4v) is 2.30. The van der Waals surface area contributed by atoms with E-state index in [1.54, 1.807) is 23.7 Å². The molecule has 0 aliphatic rings. The number of anilines is 1. The number of hydrogen-bond donors (Lipinski definition) is 0. The minimum atomic E-state index is 0.409. The molecule has 17 heavy (non-hydrogen) atoms. The van der Waals surface area contributed by atoms with Crippen molar-refractivity contribution < 1.29 is 0 Å². The lowest BCUT2D eigenvalue weighted by Gasteiger charge is -2.17.